The van der Waals surface area contributed by atoms with Crippen molar-refractivity contribution in [3.05, 3.63) is 36.4 Å². The number of aryl methyl sites for hydroxylation is 1. The Kier molecular flexibility index (Phi) is 9.64. The Labute approximate surface area is 197 Å². The summed E-state index contributed by atoms with van der Waals surface area (Å²) in [6, 6.07) is 14.1. The van der Waals surface area contributed by atoms with Gasteiger partial charge in [-0.3, -0.25) is 0 Å². The standard InChI is InChI=1S/C26H39N3S2/c1-6-27(7-2)15-17-30-21-11-13-25-23(19-21)24-20-22(12-14-26(24)29(25)10-5)31-18-16-28(8-3)9-4/h11-14,19-20H,6-10,15-18H2,1-5H3. The lowest BCUT2D eigenvalue weighted by atomic mass is 10.1. The molecule has 3 nitrogen and oxygen atoms in total. The lowest BCUT2D eigenvalue weighted by Crippen LogP contribution is -2.25. The minimum atomic E-state index is 1.00. The Morgan fingerprint density at radius 1 is 0.645 bits per heavy atom. The first-order valence-corrected chi connectivity index (χ1v) is 13.9. The monoisotopic (exact) mass is 457 g/mol. The zero-order valence-corrected chi connectivity index (χ0v) is 21.6. The van der Waals surface area contributed by atoms with Gasteiger partial charge in [-0.15, -0.1) is 23.5 Å². The molecule has 0 N–H and O–H groups in total. The molecule has 5 heteroatoms. The summed E-state index contributed by atoms with van der Waals surface area (Å²) in [7, 11) is 0. The predicted octanol–water partition coefficient (Wildman–Crippen LogP) is 6.68. The van der Waals surface area contributed by atoms with Crippen LogP contribution in [0, 0.1) is 0 Å². The summed E-state index contributed by atoms with van der Waals surface area (Å²) in [6.07, 6.45) is 0. The van der Waals surface area contributed by atoms with E-state index in [1.807, 2.05) is 23.5 Å². The van der Waals surface area contributed by atoms with Crippen LogP contribution in [0.4, 0.5) is 0 Å². The Bertz CT molecular complexity index is 883. The highest BCUT2D eigenvalue weighted by atomic mass is 32.2. The molecule has 0 saturated carbocycles. The van der Waals surface area contributed by atoms with E-state index in [-0.39, 0.29) is 0 Å². The third-order valence-corrected chi connectivity index (χ3v) is 8.21. The third kappa shape index (κ3) is 6.01. The fraction of sp³-hybridized carbons (Fsp3) is 0.538. The minimum absolute atomic E-state index is 1.00. The van der Waals surface area contributed by atoms with Crippen molar-refractivity contribution in [1.29, 1.82) is 0 Å². The predicted molar refractivity (Wildman–Crippen MR) is 142 cm³/mol. The van der Waals surface area contributed by atoms with Gasteiger partial charge in [0.15, 0.2) is 0 Å². The molecule has 0 saturated heterocycles. The first kappa shape index (κ1) is 24.5. The normalized spacial score (nSPS) is 12.1. The number of rotatable bonds is 13. The Balaban J connectivity index is 1.82. The molecule has 31 heavy (non-hydrogen) atoms. The van der Waals surface area contributed by atoms with E-state index in [1.54, 1.807) is 0 Å². The molecule has 0 aliphatic heterocycles. The van der Waals surface area contributed by atoms with Crippen molar-refractivity contribution in [2.75, 3.05) is 50.8 Å². The van der Waals surface area contributed by atoms with Crippen LogP contribution in [0.3, 0.4) is 0 Å². The highest BCUT2D eigenvalue weighted by molar-refractivity contribution is 7.99. The summed E-state index contributed by atoms with van der Waals surface area (Å²) >= 11 is 3.97. The second-order valence-corrected chi connectivity index (χ2v) is 10.2. The van der Waals surface area contributed by atoms with Gasteiger partial charge >= 0.3 is 0 Å². The van der Waals surface area contributed by atoms with Gasteiger partial charge in [0.2, 0.25) is 0 Å². The molecule has 0 radical (unpaired) electrons. The van der Waals surface area contributed by atoms with Gasteiger partial charge in [0.1, 0.15) is 0 Å². The molecule has 170 valence electrons. The number of hydrogen-bond donors (Lipinski definition) is 0. The maximum atomic E-state index is 2.50. The summed E-state index contributed by atoms with van der Waals surface area (Å²) < 4.78 is 2.46. The second kappa shape index (κ2) is 12.2. The van der Waals surface area contributed by atoms with Crippen LogP contribution in [-0.4, -0.2) is 65.1 Å². The molecule has 1 aromatic heterocycles. The van der Waals surface area contributed by atoms with Crippen LogP contribution in [0.15, 0.2) is 46.2 Å². The first-order valence-electron chi connectivity index (χ1n) is 11.9. The molecular weight excluding hydrogens is 418 g/mol. The van der Waals surface area contributed by atoms with Crippen molar-refractivity contribution in [2.24, 2.45) is 0 Å². The number of benzene rings is 2. The third-order valence-electron chi connectivity index (χ3n) is 6.27. The molecule has 0 aliphatic carbocycles. The van der Waals surface area contributed by atoms with E-state index in [0.29, 0.717) is 0 Å². The number of aromatic nitrogens is 1. The zero-order valence-electron chi connectivity index (χ0n) is 20.0. The summed E-state index contributed by atoms with van der Waals surface area (Å²) in [5.41, 5.74) is 2.71. The van der Waals surface area contributed by atoms with Crippen molar-refractivity contribution in [2.45, 2.75) is 51.0 Å². The lowest BCUT2D eigenvalue weighted by Gasteiger charge is -2.17. The van der Waals surface area contributed by atoms with Crippen LogP contribution in [-0.2, 0) is 6.54 Å². The summed E-state index contributed by atoms with van der Waals surface area (Å²) in [5, 5.41) is 2.80. The maximum absolute atomic E-state index is 2.50. The van der Waals surface area contributed by atoms with Crippen LogP contribution in [0.25, 0.3) is 21.8 Å². The topological polar surface area (TPSA) is 11.4 Å². The van der Waals surface area contributed by atoms with Crippen molar-refractivity contribution >= 4 is 45.3 Å². The van der Waals surface area contributed by atoms with Gasteiger partial charge in [0, 0.05) is 62.7 Å². The van der Waals surface area contributed by atoms with Crippen molar-refractivity contribution < 1.29 is 0 Å². The second-order valence-electron chi connectivity index (χ2n) is 7.85. The van der Waals surface area contributed by atoms with Gasteiger partial charge in [0.05, 0.1) is 0 Å². The van der Waals surface area contributed by atoms with Gasteiger partial charge in [-0.2, -0.15) is 0 Å². The average Bonchev–Trinajstić information content (AvgIpc) is 3.12. The molecule has 0 amide bonds. The van der Waals surface area contributed by atoms with E-state index in [0.717, 1.165) is 57.3 Å². The molecule has 1 heterocycles. The van der Waals surface area contributed by atoms with Crippen LogP contribution in [0.2, 0.25) is 0 Å². The highest BCUT2D eigenvalue weighted by Crippen LogP contribution is 2.34. The van der Waals surface area contributed by atoms with Gasteiger partial charge in [-0.05, 0) is 69.5 Å². The molecule has 3 rings (SSSR count). The van der Waals surface area contributed by atoms with E-state index in [4.69, 9.17) is 0 Å². The van der Waals surface area contributed by atoms with Crippen LogP contribution < -0.4 is 0 Å². The molecule has 2 aromatic carbocycles. The number of nitrogens with zero attached hydrogens (tertiary/aromatic N) is 3. The lowest BCUT2D eigenvalue weighted by molar-refractivity contribution is 0.324. The van der Waals surface area contributed by atoms with Gasteiger partial charge in [0.25, 0.3) is 0 Å². The minimum Gasteiger partial charge on any atom is -0.341 e. The van der Waals surface area contributed by atoms with E-state index in [1.165, 1.54) is 31.6 Å². The van der Waals surface area contributed by atoms with Crippen LogP contribution in [0.5, 0.6) is 0 Å². The fourth-order valence-electron chi connectivity index (χ4n) is 4.25. The van der Waals surface area contributed by atoms with Crippen molar-refractivity contribution in [3.8, 4) is 0 Å². The largest absolute Gasteiger partial charge is 0.341 e. The number of hydrogen-bond acceptors (Lipinski definition) is 4. The molecule has 0 bridgehead atoms. The molecular formula is C26H39N3S2. The Hall–Kier alpha value is -1.14. The fourth-order valence-corrected chi connectivity index (χ4v) is 6.15. The maximum Gasteiger partial charge on any atom is 0.0492 e. The van der Waals surface area contributed by atoms with Crippen molar-refractivity contribution in [3.63, 3.8) is 0 Å². The molecule has 0 spiro atoms. The van der Waals surface area contributed by atoms with Gasteiger partial charge < -0.3 is 14.4 Å². The van der Waals surface area contributed by atoms with Gasteiger partial charge in [-0.25, -0.2) is 0 Å². The number of fused-ring (bicyclic) bond motifs is 3. The van der Waals surface area contributed by atoms with Gasteiger partial charge in [-0.1, -0.05) is 27.7 Å². The van der Waals surface area contributed by atoms with Crippen LogP contribution >= 0.6 is 23.5 Å². The zero-order chi connectivity index (χ0) is 22.2. The summed E-state index contributed by atoms with van der Waals surface area (Å²) in [5.74, 6) is 2.29. The van der Waals surface area contributed by atoms with Crippen molar-refractivity contribution in [1.82, 2.24) is 14.4 Å². The highest BCUT2D eigenvalue weighted by Gasteiger charge is 2.12. The molecule has 0 atom stereocenters. The van der Waals surface area contributed by atoms with E-state index >= 15 is 0 Å². The molecule has 0 fully saturated rings. The van der Waals surface area contributed by atoms with Crippen LogP contribution in [0.1, 0.15) is 34.6 Å². The van der Waals surface area contributed by atoms with E-state index in [9.17, 15) is 0 Å². The number of thioether (sulfide) groups is 2. The SMILES string of the molecule is CCN(CC)CCSc1ccc2c(c1)c1cc(SCCN(CC)CC)ccc1n2CC. The molecule has 3 aromatic rings. The average molecular weight is 458 g/mol. The molecule has 0 unspecified atom stereocenters. The van der Waals surface area contributed by atoms with E-state index in [2.05, 4.69) is 85.4 Å². The first-order chi connectivity index (χ1) is 15.1. The smallest absolute Gasteiger partial charge is 0.0492 e. The van der Waals surface area contributed by atoms with E-state index < -0.39 is 0 Å². The summed E-state index contributed by atoms with van der Waals surface area (Å²) in [4.78, 5) is 7.76. The quantitative estimate of drug-likeness (QED) is 0.265. The Morgan fingerprint density at radius 2 is 1.06 bits per heavy atom. The summed E-state index contributed by atoms with van der Waals surface area (Å²) in [6.45, 7) is 19.1. The Morgan fingerprint density at radius 3 is 1.42 bits per heavy atom. The molecule has 0 aliphatic rings.